The predicted molar refractivity (Wildman–Crippen MR) is 48.0 cm³/mol. The maximum absolute atomic E-state index is 9.96. The zero-order valence-electron chi connectivity index (χ0n) is 6.09. The molecule has 0 N–H and O–H groups in total. The molecule has 1 aromatic carbocycles. The summed E-state index contributed by atoms with van der Waals surface area (Å²) in [7, 11) is 0. The smallest absolute Gasteiger partial charge is 0.157 e. The van der Waals surface area contributed by atoms with Crippen molar-refractivity contribution in [3.63, 3.8) is 0 Å². The second-order valence-electron chi connectivity index (χ2n) is 2.05. The van der Waals surface area contributed by atoms with E-state index in [2.05, 4.69) is 0 Å². The summed E-state index contributed by atoms with van der Waals surface area (Å²) in [5.74, 6) is 0.466. The van der Waals surface area contributed by atoms with Crippen LogP contribution in [0.5, 0.6) is 5.75 Å². The van der Waals surface area contributed by atoms with Crippen LogP contribution in [0.4, 0.5) is 0 Å². The monoisotopic (exact) mass is 204 g/mol. The third-order valence-electron chi connectivity index (χ3n) is 1.20. The minimum absolute atomic E-state index is 0.00134. The van der Waals surface area contributed by atoms with Gasteiger partial charge in [0.25, 0.3) is 0 Å². The molecule has 0 amide bonds. The predicted octanol–water partition coefficient (Wildman–Crippen LogP) is 2.57. The molecule has 0 heterocycles. The Morgan fingerprint density at radius 1 is 1.42 bits per heavy atom. The van der Waals surface area contributed by atoms with E-state index >= 15 is 0 Å². The summed E-state index contributed by atoms with van der Waals surface area (Å²) < 4.78 is 4.98. The molecule has 0 spiro atoms. The molecule has 0 bridgehead atoms. The van der Waals surface area contributed by atoms with Gasteiger partial charge in [-0.15, -0.1) is 0 Å². The summed E-state index contributed by atoms with van der Waals surface area (Å²) in [6.07, 6.45) is 0.658. The van der Waals surface area contributed by atoms with Gasteiger partial charge in [-0.05, 0) is 18.2 Å². The maximum Gasteiger partial charge on any atom is 0.157 e. The first-order chi connectivity index (χ1) is 5.74. The van der Waals surface area contributed by atoms with Gasteiger partial charge in [0.15, 0.2) is 6.29 Å². The number of carbonyl (C=O) groups excluding carboxylic acids is 1. The summed E-state index contributed by atoms with van der Waals surface area (Å²) in [5, 5.41) is 0.947. The molecular weight excluding hydrogens is 199 g/mol. The second-order valence-corrected chi connectivity index (χ2v) is 2.90. The molecule has 2 nitrogen and oxygen atoms in total. The lowest BCUT2D eigenvalue weighted by atomic mass is 10.3. The summed E-state index contributed by atoms with van der Waals surface area (Å²) in [5.41, 5.74) is 0. The fourth-order valence-electron chi connectivity index (χ4n) is 0.716. The Bertz CT molecular complexity index is 286. The van der Waals surface area contributed by atoms with Crippen molar-refractivity contribution < 1.29 is 9.53 Å². The maximum atomic E-state index is 9.96. The van der Waals surface area contributed by atoms with E-state index in [1.165, 1.54) is 0 Å². The first kappa shape index (κ1) is 9.36. The number of rotatable bonds is 3. The Kier molecular flexibility index (Phi) is 3.38. The fourth-order valence-corrected chi connectivity index (χ4v) is 1.18. The van der Waals surface area contributed by atoms with Crippen LogP contribution in [0.3, 0.4) is 0 Å². The molecule has 0 aliphatic heterocycles. The first-order valence-corrected chi connectivity index (χ1v) is 4.01. The van der Waals surface area contributed by atoms with E-state index in [-0.39, 0.29) is 6.61 Å². The molecule has 0 atom stereocenters. The highest BCUT2D eigenvalue weighted by molar-refractivity contribution is 6.35. The van der Waals surface area contributed by atoms with Crippen LogP contribution in [0.25, 0.3) is 0 Å². The number of hydrogen-bond acceptors (Lipinski definition) is 2. The Morgan fingerprint density at radius 3 is 2.75 bits per heavy atom. The van der Waals surface area contributed by atoms with Crippen LogP contribution in [-0.4, -0.2) is 12.9 Å². The van der Waals surface area contributed by atoms with Crippen LogP contribution < -0.4 is 4.74 Å². The largest absolute Gasteiger partial charge is 0.485 e. The van der Waals surface area contributed by atoms with Gasteiger partial charge in [-0.1, -0.05) is 23.2 Å². The standard InChI is InChI=1S/C8H6Cl2O2/c9-6-1-2-8(7(10)5-6)12-4-3-11/h1-3,5H,4H2. The lowest BCUT2D eigenvalue weighted by Crippen LogP contribution is -1.97. The molecule has 0 aromatic heterocycles. The van der Waals surface area contributed by atoms with Gasteiger partial charge in [0.05, 0.1) is 5.02 Å². The molecule has 0 unspecified atom stereocenters. The summed E-state index contributed by atoms with van der Waals surface area (Å²) in [4.78, 5) is 9.96. The van der Waals surface area contributed by atoms with Crippen LogP contribution in [0.1, 0.15) is 0 Å². The number of ether oxygens (including phenoxy) is 1. The Morgan fingerprint density at radius 2 is 2.17 bits per heavy atom. The van der Waals surface area contributed by atoms with Gasteiger partial charge in [-0.25, -0.2) is 0 Å². The Hall–Kier alpha value is -0.730. The third kappa shape index (κ3) is 2.40. The number of carbonyl (C=O) groups is 1. The lowest BCUT2D eigenvalue weighted by Gasteiger charge is -2.03. The SMILES string of the molecule is O=CCOc1ccc(Cl)cc1Cl. The molecule has 1 rings (SSSR count). The average Bonchev–Trinajstić information content (AvgIpc) is 2.03. The number of benzene rings is 1. The molecule has 4 heteroatoms. The Labute approximate surface area is 80.0 Å². The molecule has 0 saturated carbocycles. The quantitative estimate of drug-likeness (QED) is 0.708. The van der Waals surface area contributed by atoms with Crippen molar-refractivity contribution in [1.82, 2.24) is 0 Å². The third-order valence-corrected chi connectivity index (χ3v) is 1.73. The van der Waals surface area contributed by atoms with Gasteiger partial charge in [0.1, 0.15) is 12.4 Å². The van der Waals surface area contributed by atoms with Gasteiger partial charge < -0.3 is 4.74 Å². The molecule has 0 saturated heterocycles. The topological polar surface area (TPSA) is 26.3 Å². The second kappa shape index (κ2) is 4.33. The minimum Gasteiger partial charge on any atom is -0.485 e. The van der Waals surface area contributed by atoms with Crippen molar-refractivity contribution in [3.8, 4) is 5.75 Å². The average molecular weight is 205 g/mol. The normalized spacial score (nSPS) is 9.50. The van der Waals surface area contributed by atoms with E-state index in [9.17, 15) is 4.79 Å². The lowest BCUT2D eigenvalue weighted by molar-refractivity contribution is -0.109. The molecule has 0 radical (unpaired) electrons. The van der Waals surface area contributed by atoms with E-state index in [0.717, 1.165) is 0 Å². The van der Waals surface area contributed by atoms with Gasteiger partial charge >= 0.3 is 0 Å². The van der Waals surface area contributed by atoms with Gasteiger partial charge in [-0.3, -0.25) is 4.79 Å². The summed E-state index contributed by atoms with van der Waals surface area (Å²) in [6.45, 7) is 0.00134. The van der Waals surface area contributed by atoms with Gasteiger partial charge in [-0.2, -0.15) is 0 Å². The molecule has 1 aromatic rings. The minimum atomic E-state index is 0.00134. The molecule has 0 aliphatic rings. The first-order valence-electron chi connectivity index (χ1n) is 3.25. The number of aldehydes is 1. The number of halogens is 2. The van der Waals surface area contributed by atoms with Crippen molar-refractivity contribution in [2.75, 3.05) is 6.61 Å². The summed E-state index contributed by atoms with van der Waals surface area (Å²) >= 11 is 11.4. The molecule has 64 valence electrons. The highest BCUT2D eigenvalue weighted by Crippen LogP contribution is 2.27. The zero-order valence-corrected chi connectivity index (χ0v) is 7.60. The fraction of sp³-hybridized carbons (Fsp3) is 0.125. The molecule has 0 aliphatic carbocycles. The molecule has 0 fully saturated rings. The zero-order chi connectivity index (χ0) is 8.97. The van der Waals surface area contributed by atoms with Crippen LogP contribution >= 0.6 is 23.2 Å². The van der Waals surface area contributed by atoms with E-state index in [1.807, 2.05) is 0 Å². The Balaban J connectivity index is 2.78. The van der Waals surface area contributed by atoms with Crippen molar-refractivity contribution in [1.29, 1.82) is 0 Å². The van der Waals surface area contributed by atoms with E-state index < -0.39 is 0 Å². The summed E-state index contributed by atoms with van der Waals surface area (Å²) in [6, 6.07) is 4.82. The van der Waals surface area contributed by atoms with Crippen LogP contribution in [0, 0.1) is 0 Å². The van der Waals surface area contributed by atoms with Crippen LogP contribution in [0.2, 0.25) is 10.0 Å². The number of hydrogen-bond donors (Lipinski definition) is 0. The van der Waals surface area contributed by atoms with Crippen molar-refractivity contribution in [2.24, 2.45) is 0 Å². The van der Waals surface area contributed by atoms with Crippen LogP contribution in [0.15, 0.2) is 18.2 Å². The van der Waals surface area contributed by atoms with E-state index in [0.29, 0.717) is 22.1 Å². The molecule has 12 heavy (non-hydrogen) atoms. The van der Waals surface area contributed by atoms with Gasteiger partial charge in [0, 0.05) is 5.02 Å². The van der Waals surface area contributed by atoms with E-state index in [1.54, 1.807) is 18.2 Å². The molecular formula is C8H6Cl2O2. The van der Waals surface area contributed by atoms with E-state index in [4.69, 9.17) is 27.9 Å². The highest BCUT2D eigenvalue weighted by atomic mass is 35.5. The van der Waals surface area contributed by atoms with Crippen molar-refractivity contribution >= 4 is 29.5 Å². The van der Waals surface area contributed by atoms with Crippen molar-refractivity contribution in [2.45, 2.75) is 0 Å². The van der Waals surface area contributed by atoms with Crippen LogP contribution in [-0.2, 0) is 4.79 Å². The van der Waals surface area contributed by atoms with Crippen molar-refractivity contribution in [3.05, 3.63) is 28.2 Å². The highest BCUT2D eigenvalue weighted by Gasteiger charge is 2.00. The van der Waals surface area contributed by atoms with Gasteiger partial charge in [0.2, 0.25) is 0 Å².